The van der Waals surface area contributed by atoms with Crippen molar-refractivity contribution in [2.24, 2.45) is 7.05 Å². The number of carbonyl (C=O) groups excluding carboxylic acids is 2. The molecular formula is C15H19N3O4S. The lowest BCUT2D eigenvalue weighted by molar-refractivity contribution is -0.140. The molecule has 0 aliphatic heterocycles. The summed E-state index contributed by atoms with van der Waals surface area (Å²) in [5.41, 5.74) is 2.05. The van der Waals surface area contributed by atoms with Gasteiger partial charge >= 0.3 is 11.9 Å². The maximum atomic E-state index is 11.8. The van der Waals surface area contributed by atoms with E-state index in [1.807, 2.05) is 5.38 Å². The number of hydrogen-bond donors (Lipinski definition) is 1. The number of methoxy groups -OCH3 is 1. The van der Waals surface area contributed by atoms with E-state index in [9.17, 15) is 9.59 Å². The molecule has 0 aliphatic carbocycles. The Kier molecular flexibility index (Phi) is 5.75. The molecule has 23 heavy (non-hydrogen) atoms. The lowest BCUT2D eigenvalue weighted by atomic mass is 10.2. The molecule has 0 saturated heterocycles. The molecule has 0 saturated carbocycles. The van der Waals surface area contributed by atoms with Gasteiger partial charge in [0.05, 0.1) is 31.5 Å². The van der Waals surface area contributed by atoms with E-state index in [1.165, 1.54) is 18.4 Å². The molecule has 124 valence electrons. The first-order valence-electron chi connectivity index (χ1n) is 7.15. The molecule has 0 bridgehead atoms. The lowest BCUT2D eigenvalue weighted by Crippen LogP contribution is -2.08. The summed E-state index contributed by atoms with van der Waals surface area (Å²) in [4.78, 5) is 27.3. The number of aromatic nitrogens is 2. The Balaban J connectivity index is 2.00. The van der Waals surface area contributed by atoms with E-state index in [2.05, 4.69) is 15.0 Å². The van der Waals surface area contributed by atoms with Crippen molar-refractivity contribution in [2.75, 3.05) is 19.0 Å². The molecular weight excluding hydrogens is 318 g/mol. The van der Waals surface area contributed by atoms with Gasteiger partial charge in [0.25, 0.3) is 0 Å². The zero-order valence-electron chi connectivity index (χ0n) is 13.3. The summed E-state index contributed by atoms with van der Waals surface area (Å²) in [5.74, 6) is -0.615. The zero-order valence-corrected chi connectivity index (χ0v) is 14.1. The van der Waals surface area contributed by atoms with Crippen LogP contribution in [0.5, 0.6) is 0 Å². The van der Waals surface area contributed by atoms with Gasteiger partial charge in [0.2, 0.25) is 0 Å². The van der Waals surface area contributed by atoms with Gasteiger partial charge in [-0.1, -0.05) is 0 Å². The normalized spacial score (nSPS) is 10.4. The smallest absolute Gasteiger partial charge is 0.355 e. The number of nitrogens with one attached hydrogen (secondary N) is 1. The predicted octanol–water partition coefficient (Wildman–Crippen LogP) is 2.51. The Morgan fingerprint density at radius 1 is 1.43 bits per heavy atom. The van der Waals surface area contributed by atoms with E-state index >= 15 is 0 Å². The predicted molar refractivity (Wildman–Crippen MR) is 87.1 cm³/mol. The van der Waals surface area contributed by atoms with E-state index in [-0.39, 0.29) is 11.9 Å². The fourth-order valence-corrected chi connectivity index (χ4v) is 2.74. The topological polar surface area (TPSA) is 82.4 Å². The highest BCUT2D eigenvalue weighted by Crippen LogP contribution is 2.23. The number of nitrogens with zero attached hydrogens (tertiary/aromatic N) is 2. The van der Waals surface area contributed by atoms with Gasteiger partial charge in [-0.15, -0.1) is 11.3 Å². The molecule has 0 fully saturated rings. The third kappa shape index (κ3) is 4.56. The Morgan fingerprint density at radius 2 is 2.22 bits per heavy atom. The van der Waals surface area contributed by atoms with Crippen molar-refractivity contribution in [2.45, 2.75) is 19.8 Å². The van der Waals surface area contributed by atoms with Gasteiger partial charge in [-0.2, -0.15) is 0 Å². The second kappa shape index (κ2) is 7.77. The van der Waals surface area contributed by atoms with Crippen molar-refractivity contribution in [3.63, 3.8) is 0 Å². The minimum atomic E-state index is -0.360. The highest BCUT2D eigenvalue weighted by molar-refractivity contribution is 7.13. The molecule has 2 rings (SSSR count). The van der Waals surface area contributed by atoms with Crippen LogP contribution in [0.15, 0.2) is 17.6 Å². The number of anilines is 2. The van der Waals surface area contributed by atoms with Gasteiger partial charge in [0.1, 0.15) is 5.69 Å². The first kappa shape index (κ1) is 17.0. The molecule has 1 N–H and O–H groups in total. The number of aryl methyl sites for hydroxylation is 2. The second-order valence-corrected chi connectivity index (χ2v) is 5.65. The Hall–Kier alpha value is -2.35. The molecule has 2 heterocycles. The Morgan fingerprint density at radius 3 is 2.91 bits per heavy atom. The highest BCUT2D eigenvalue weighted by Gasteiger charge is 2.13. The van der Waals surface area contributed by atoms with Crippen molar-refractivity contribution >= 4 is 34.1 Å². The first-order chi connectivity index (χ1) is 11.0. The lowest BCUT2D eigenvalue weighted by Gasteiger charge is -2.01. The summed E-state index contributed by atoms with van der Waals surface area (Å²) in [7, 11) is 3.15. The van der Waals surface area contributed by atoms with Crippen LogP contribution >= 0.6 is 11.3 Å². The average molecular weight is 337 g/mol. The van der Waals surface area contributed by atoms with Crippen LogP contribution in [-0.2, 0) is 27.7 Å². The van der Waals surface area contributed by atoms with Gasteiger partial charge in [-0.25, -0.2) is 9.78 Å². The van der Waals surface area contributed by atoms with Crippen molar-refractivity contribution in [3.05, 3.63) is 29.0 Å². The minimum absolute atomic E-state index is 0.255. The van der Waals surface area contributed by atoms with Crippen LogP contribution in [-0.4, -0.2) is 35.2 Å². The monoisotopic (exact) mass is 337 g/mol. The summed E-state index contributed by atoms with van der Waals surface area (Å²) in [6.45, 7) is 2.11. The van der Waals surface area contributed by atoms with E-state index in [0.717, 1.165) is 11.4 Å². The molecule has 0 atom stereocenters. The number of rotatable bonds is 7. The number of carbonyl (C=O) groups is 2. The van der Waals surface area contributed by atoms with Crippen LogP contribution in [0, 0.1) is 0 Å². The molecule has 2 aromatic rings. The van der Waals surface area contributed by atoms with E-state index in [1.54, 1.807) is 30.8 Å². The van der Waals surface area contributed by atoms with E-state index in [4.69, 9.17) is 4.74 Å². The average Bonchev–Trinajstić information content (AvgIpc) is 3.12. The first-order valence-corrected chi connectivity index (χ1v) is 8.03. The van der Waals surface area contributed by atoms with Crippen molar-refractivity contribution in [1.82, 2.24) is 9.55 Å². The summed E-state index contributed by atoms with van der Waals surface area (Å²) >= 11 is 1.44. The molecule has 2 aromatic heterocycles. The van der Waals surface area contributed by atoms with Gasteiger partial charge in [0.15, 0.2) is 5.13 Å². The Bertz CT molecular complexity index is 693. The summed E-state index contributed by atoms with van der Waals surface area (Å²) in [5, 5.41) is 5.74. The zero-order chi connectivity index (χ0) is 16.8. The molecule has 0 aromatic carbocycles. The van der Waals surface area contributed by atoms with E-state index in [0.29, 0.717) is 30.3 Å². The Labute approximate surface area is 138 Å². The van der Waals surface area contributed by atoms with Crippen LogP contribution < -0.4 is 5.32 Å². The number of thiazole rings is 1. The molecule has 0 aliphatic rings. The number of esters is 2. The maximum absolute atomic E-state index is 11.8. The standard InChI is InChI=1S/C15H19N3O4S/c1-4-22-14(20)12-7-11(8-18(12)2)17-15-16-10(9-23-15)5-6-13(19)21-3/h7-9H,4-6H2,1-3H3,(H,16,17). The van der Waals surface area contributed by atoms with Gasteiger partial charge in [-0.05, 0) is 13.0 Å². The molecule has 0 unspecified atom stereocenters. The summed E-state index contributed by atoms with van der Waals surface area (Å²) in [6, 6.07) is 1.72. The number of hydrogen-bond acceptors (Lipinski definition) is 7. The number of ether oxygens (including phenoxy) is 2. The van der Waals surface area contributed by atoms with Crippen molar-refractivity contribution in [3.8, 4) is 0 Å². The third-order valence-corrected chi connectivity index (χ3v) is 3.91. The molecule has 0 spiro atoms. The second-order valence-electron chi connectivity index (χ2n) is 4.79. The fraction of sp³-hybridized carbons (Fsp3) is 0.400. The van der Waals surface area contributed by atoms with Crippen LogP contribution in [0.25, 0.3) is 0 Å². The molecule has 0 radical (unpaired) electrons. The van der Waals surface area contributed by atoms with Gasteiger partial charge in [-0.3, -0.25) is 4.79 Å². The largest absolute Gasteiger partial charge is 0.469 e. The fourth-order valence-electron chi connectivity index (χ4n) is 1.98. The van der Waals surface area contributed by atoms with Crippen LogP contribution in [0.2, 0.25) is 0 Å². The minimum Gasteiger partial charge on any atom is -0.469 e. The van der Waals surface area contributed by atoms with E-state index < -0.39 is 0 Å². The third-order valence-electron chi connectivity index (χ3n) is 3.11. The molecule has 7 nitrogen and oxygen atoms in total. The SMILES string of the molecule is CCOC(=O)c1cc(Nc2nc(CCC(=O)OC)cs2)cn1C. The van der Waals surface area contributed by atoms with Crippen molar-refractivity contribution < 1.29 is 19.1 Å². The van der Waals surface area contributed by atoms with Crippen LogP contribution in [0.3, 0.4) is 0 Å². The summed E-state index contributed by atoms with van der Waals surface area (Å²) in [6.07, 6.45) is 2.63. The van der Waals surface area contributed by atoms with Gasteiger partial charge < -0.3 is 19.4 Å². The van der Waals surface area contributed by atoms with Crippen LogP contribution in [0.1, 0.15) is 29.5 Å². The quantitative estimate of drug-likeness (QED) is 0.782. The maximum Gasteiger partial charge on any atom is 0.355 e. The van der Waals surface area contributed by atoms with Gasteiger partial charge in [0, 0.05) is 25.0 Å². The molecule has 8 heteroatoms. The van der Waals surface area contributed by atoms with Crippen molar-refractivity contribution in [1.29, 1.82) is 0 Å². The van der Waals surface area contributed by atoms with Crippen LogP contribution in [0.4, 0.5) is 10.8 Å². The highest BCUT2D eigenvalue weighted by atomic mass is 32.1. The molecule has 0 amide bonds. The summed E-state index contributed by atoms with van der Waals surface area (Å²) < 4.78 is 11.3.